The average molecular weight is 493 g/mol. The summed E-state index contributed by atoms with van der Waals surface area (Å²) in [5, 5.41) is 22.9. The minimum absolute atomic E-state index is 0.00631. The number of ether oxygens (including phenoxy) is 1. The van der Waals surface area contributed by atoms with Crippen molar-refractivity contribution >= 4 is 29.3 Å². The number of tetrazole rings is 1. The van der Waals surface area contributed by atoms with Crippen molar-refractivity contribution in [1.29, 1.82) is 0 Å². The average Bonchev–Trinajstić information content (AvgIpc) is 3.17. The van der Waals surface area contributed by atoms with Gasteiger partial charge in [0.25, 0.3) is 5.91 Å². The summed E-state index contributed by atoms with van der Waals surface area (Å²) >= 11 is 6.05. The number of nitrogens with zero attached hydrogens (tertiary/aromatic N) is 5. The quantitative estimate of drug-likeness (QED) is 0.542. The Bertz CT molecular complexity index is 1280. The Kier molecular flexibility index (Phi) is 6.19. The van der Waals surface area contributed by atoms with Gasteiger partial charge in [-0.15, -0.1) is 10.2 Å². The number of amides is 2. The molecule has 0 saturated carbocycles. The van der Waals surface area contributed by atoms with Crippen LogP contribution in [0, 0.1) is 11.6 Å². The Hall–Kier alpha value is -3.64. The zero-order chi connectivity index (χ0) is 24.6. The molecule has 2 aromatic carbocycles. The van der Waals surface area contributed by atoms with E-state index in [9.17, 15) is 14.0 Å². The molecule has 0 bridgehead atoms. The number of anilines is 1. The lowest BCUT2D eigenvalue weighted by Crippen LogP contribution is -2.70. The predicted octanol–water partition coefficient (Wildman–Crippen LogP) is 2.87. The van der Waals surface area contributed by atoms with Gasteiger partial charge in [-0.25, -0.2) is 13.6 Å². The van der Waals surface area contributed by atoms with Gasteiger partial charge in [0.2, 0.25) is 5.82 Å². The van der Waals surface area contributed by atoms with Crippen LogP contribution in [0.3, 0.4) is 0 Å². The van der Waals surface area contributed by atoms with Crippen LogP contribution in [0.1, 0.15) is 6.92 Å². The summed E-state index contributed by atoms with van der Waals surface area (Å²) in [6.07, 6.45) is -1.39. The summed E-state index contributed by atoms with van der Waals surface area (Å²) in [7, 11) is 1.52. The number of hydrogen-bond donors (Lipinski definition) is 2. The highest BCUT2D eigenvalue weighted by atomic mass is 35.5. The Morgan fingerprint density at radius 2 is 2.00 bits per heavy atom. The van der Waals surface area contributed by atoms with Crippen LogP contribution >= 0.6 is 11.6 Å². The lowest BCUT2D eigenvalue weighted by Gasteiger charge is -2.42. The maximum Gasteiger partial charge on any atom is 0.405 e. The van der Waals surface area contributed by atoms with Crippen molar-refractivity contribution in [3.63, 3.8) is 0 Å². The molecule has 0 spiro atoms. The van der Waals surface area contributed by atoms with Gasteiger partial charge in [0.05, 0.1) is 31.5 Å². The van der Waals surface area contributed by atoms with Gasteiger partial charge in [0.1, 0.15) is 11.6 Å². The number of halogens is 3. The Balaban J connectivity index is 1.75. The van der Waals surface area contributed by atoms with Crippen LogP contribution in [0.5, 0.6) is 0 Å². The molecule has 0 radical (unpaired) electrons. The summed E-state index contributed by atoms with van der Waals surface area (Å²) in [5.74, 6) is -2.14. The van der Waals surface area contributed by atoms with E-state index in [1.807, 2.05) is 0 Å². The molecule has 3 aromatic rings. The molecule has 1 saturated heterocycles. The molecule has 0 aliphatic carbocycles. The molecule has 4 rings (SSSR count). The van der Waals surface area contributed by atoms with Crippen LogP contribution in [0.2, 0.25) is 5.02 Å². The molecule has 34 heavy (non-hydrogen) atoms. The fourth-order valence-electron chi connectivity index (χ4n) is 3.75. The number of rotatable bonds is 6. The van der Waals surface area contributed by atoms with Crippen LogP contribution in [0.4, 0.5) is 19.3 Å². The SMILES string of the molecule is CCN(C(=O)C1(NC(=O)O)COC1)c1ccc(-c2cc(Cl)cc(F)c2-c2nnn(C)n2)cc1F. The van der Waals surface area contributed by atoms with Gasteiger partial charge >= 0.3 is 6.09 Å². The van der Waals surface area contributed by atoms with E-state index in [1.54, 1.807) is 6.92 Å². The molecule has 0 atom stereocenters. The van der Waals surface area contributed by atoms with E-state index >= 15 is 4.39 Å². The molecule has 178 valence electrons. The number of aryl methyl sites for hydroxylation is 1. The molecule has 1 aliphatic rings. The van der Waals surface area contributed by atoms with Crippen LogP contribution in [-0.2, 0) is 16.6 Å². The number of aromatic nitrogens is 4. The smallest absolute Gasteiger partial charge is 0.405 e. The first-order chi connectivity index (χ1) is 16.1. The number of carbonyl (C=O) groups excluding carboxylic acids is 1. The second-order valence-electron chi connectivity index (χ2n) is 7.63. The van der Waals surface area contributed by atoms with Gasteiger partial charge in [-0.3, -0.25) is 4.79 Å². The van der Waals surface area contributed by atoms with Crippen molar-refractivity contribution in [1.82, 2.24) is 25.5 Å². The lowest BCUT2D eigenvalue weighted by molar-refractivity contribution is -0.144. The fraction of sp³-hybridized carbons (Fsp3) is 0.286. The van der Waals surface area contributed by atoms with Gasteiger partial charge in [0, 0.05) is 11.6 Å². The second kappa shape index (κ2) is 8.95. The van der Waals surface area contributed by atoms with Crippen LogP contribution < -0.4 is 10.2 Å². The molecule has 2 heterocycles. The molecule has 0 unspecified atom stereocenters. The summed E-state index contributed by atoms with van der Waals surface area (Å²) < 4.78 is 35.2. The van der Waals surface area contributed by atoms with Crippen LogP contribution in [0.15, 0.2) is 30.3 Å². The summed E-state index contributed by atoms with van der Waals surface area (Å²) in [6.45, 7) is 1.37. The van der Waals surface area contributed by atoms with E-state index in [0.717, 1.165) is 21.8 Å². The van der Waals surface area contributed by atoms with Gasteiger partial charge < -0.3 is 20.1 Å². The molecular formula is C21H19ClF2N6O4. The molecule has 1 aliphatic heterocycles. The minimum Gasteiger partial charge on any atom is -0.465 e. The first kappa shape index (κ1) is 23.5. The van der Waals surface area contributed by atoms with Crippen molar-refractivity contribution in [2.24, 2.45) is 7.05 Å². The Morgan fingerprint density at radius 3 is 2.53 bits per heavy atom. The molecule has 10 nitrogen and oxygen atoms in total. The van der Waals surface area contributed by atoms with E-state index in [-0.39, 0.29) is 53.0 Å². The topological polar surface area (TPSA) is 122 Å². The normalized spacial score (nSPS) is 14.4. The maximum atomic E-state index is 15.3. The highest BCUT2D eigenvalue weighted by Gasteiger charge is 2.50. The number of carboxylic acid groups (broad SMARTS) is 1. The minimum atomic E-state index is -1.49. The molecule has 13 heteroatoms. The van der Waals surface area contributed by atoms with E-state index in [0.29, 0.717) is 0 Å². The highest BCUT2D eigenvalue weighted by Crippen LogP contribution is 2.37. The Morgan fingerprint density at radius 1 is 1.26 bits per heavy atom. The molecule has 1 fully saturated rings. The van der Waals surface area contributed by atoms with Crippen LogP contribution in [-0.4, -0.2) is 62.6 Å². The molecule has 2 amide bonds. The first-order valence-electron chi connectivity index (χ1n) is 10.1. The zero-order valence-corrected chi connectivity index (χ0v) is 18.8. The van der Waals surface area contributed by atoms with Gasteiger partial charge in [-0.2, -0.15) is 4.80 Å². The van der Waals surface area contributed by atoms with Crippen molar-refractivity contribution < 1.29 is 28.2 Å². The molecule has 2 N–H and O–H groups in total. The van der Waals surface area contributed by atoms with E-state index < -0.39 is 29.2 Å². The third-order valence-electron chi connectivity index (χ3n) is 5.35. The number of nitrogens with one attached hydrogen (secondary N) is 1. The predicted molar refractivity (Wildman–Crippen MR) is 117 cm³/mol. The van der Waals surface area contributed by atoms with Crippen molar-refractivity contribution in [2.45, 2.75) is 12.5 Å². The lowest BCUT2D eigenvalue weighted by atomic mass is 9.94. The molecular weight excluding hydrogens is 474 g/mol. The second-order valence-corrected chi connectivity index (χ2v) is 8.07. The zero-order valence-electron chi connectivity index (χ0n) is 18.0. The number of likely N-dealkylation sites (N-methyl/N-ethyl adjacent to an activating group) is 1. The van der Waals surface area contributed by atoms with Crippen LogP contribution in [0.25, 0.3) is 22.5 Å². The summed E-state index contributed by atoms with van der Waals surface area (Å²) in [4.78, 5) is 26.6. The third kappa shape index (κ3) is 4.17. The Labute approximate surface area is 197 Å². The summed E-state index contributed by atoms with van der Waals surface area (Å²) in [6, 6.07) is 6.52. The maximum absolute atomic E-state index is 15.3. The van der Waals surface area contributed by atoms with E-state index in [4.69, 9.17) is 21.4 Å². The first-order valence-corrected chi connectivity index (χ1v) is 10.5. The standard InChI is InChI=1S/C21H19ClF2N6O4/c1-3-30(19(31)21(9-34-10-21)25-20(32)33)16-5-4-11(6-14(16)23)13-7-12(22)8-15(24)17(13)18-26-28-29(2)27-18/h4-8,25H,3,9-10H2,1-2H3,(H,32,33). The number of hydrogen-bond acceptors (Lipinski definition) is 6. The summed E-state index contributed by atoms with van der Waals surface area (Å²) in [5.41, 5.74) is -1.08. The highest BCUT2D eigenvalue weighted by molar-refractivity contribution is 6.31. The fourth-order valence-corrected chi connectivity index (χ4v) is 3.95. The van der Waals surface area contributed by atoms with Crippen molar-refractivity contribution in [3.8, 4) is 22.5 Å². The number of carbonyl (C=O) groups is 2. The van der Waals surface area contributed by atoms with Gasteiger partial charge in [-0.05, 0) is 47.5 Å². The van der Waals surface area contributed by atoms with Gasteiger partial charge in [0.15, 0.2) is 5.54 Å². The van der Waals surface area contributed by atoms with E-state index in [1.165, 1.54) is 25.2 Å². The van der Waals surface area contributed by atoms with Crippen molar-refractivity contribution in [2.75, 3.05) is 24.7 Å². The van der Waals surface area contributed by atoms with Gasteiger partial charge in [-0.1, -0.05) is 17.7 Å². The van der Waals surface area contributed by atoms with E-state index in [2.05, 4.69) is 20.7 Å². The largest absolute Gasteiger partial charge is 0.465 e. The number of benzene rings is 2. The van der Waals surface area contributed by atoms with Crippen molar-refractivity contribution in [3.05, 3.63) is 47.0 Å². The molecule has 1 aromatic heterocycles. The monoisotopic (exact) mass is 492 g/mol. The third-order valence-corrected chi connectivity index (χ3v) is 5.57.